The van der Waals surface area contributed by atoms with Crippen molar-refractivity contribution in [2.24, 2.45) is 0 Å². The molecule has 0 saturated heterocycles. The summed E-state index contributed by atoms with van der Waals surface area (Å²) in [5, 5.41) is 0. The van der Waals surface area contributed by atoms with Crippen LogP contribution in [0.3, 0.4) is 0 Å². The molecular weight excluding hydrogens is 346 g/mol. The zero-order valence-corrected chi connectivity index (χ0v) is 16.1. The summed E-state index contributed by atoms with van der Waals surface area (Å²) in [6.45, 7) is 4.05. The van der Waals surface area contributed by atoms with Crippen LogP contribution >= 0.6 is 0 Å². The van der Waals surface area contributed by atoms with Crippen molar-refractivity contribution in [2.45, 2.75) is 32.9 Å². The summed E-state index contributed by atoms with van der Waals surface area (Å²) in [4.78, 5) is 13.8. The standard InChI is InChI=1S/C23H24N5/c1-2-3-12-27-13-14-28(18-27)17-19-15-22(20-8-4-6-10-24-20)26-23(16-19)21-9-5-7-11-25-21/h4-11,13-16,18H,2-3,12,17H2,1H3/q+1. The lowest BCUT2D eigenvalue weighted by atomic mass is 10.1. The van der Waals surface area contributed by atoms with Gasteiger partial charge in [0.2, 0.25) is 6.33 Å². The highest BCUT2D eigenvalue weighted by molar-refractivity contribution is 5.63. The summed E-state index contributed by atoms with van der Waals surface area (Å²) < 4.78 is 4.44. The largest absolute Gasteiger partial charge is 0.255 e. The Labute approximate surface area is 165 Å². The van der Waals surface area contributed by atoms with Crippen LogP contribution in [0, 0.1) is 0 Å². The number of pyridine rings is 3. The lowest BCUT2D eigenvalue weighted by molar-refractivity contribution is -0.687. The van der Waals surface area contributed by atoms with Crippen LogP contribution in [0.15, 0.2) is 79.6 Å². The van der Waals surface area contributed by atoms with E-state index in [1.54, 1.807) is 12.4 Å². The second-order valence-corrected chi connectivity index (χ2v) is 6.85. The Morgan fingerprint density at radius 2 is 1.57 bits per heavy atom. The maximum atomic E-state index is 4.82. The van der Waals surface area contributed by atoms with Crippen LogP contribution in [0.4, 0.5) is 0 Å². The van der Waals surface area contributed by atoms with E-state index in [-0.39, 0.29) is 0 Å². The summed E-state index contributed by atoms with van der Waals surface area (Å²) in [6.07, 6.45) is 12.4. The van der Waals surface area contributed by atoms with Crippen molar-refractivity contribution in [3.05, 3.63) is 85.2 Å². The van der Waals surface area contributed by atoms with Gasteiger partial charge in [0.1, 0.15) is 18.9 Å². The van der Waals surface area contributed by atoms with Crippen molar-refractivity contribution in [3.8, 4) is 22.8 Å². The fourth-order valence-corrected chi connectivity index (χ4v) is 3.19. The second-order valence-electron chi connectivity index (χ2n) is 6.85. The molecule has 0 bridgehead atoms. The summed E-state index contributed by atoms with van der Waals surface area (Å²) >= 11 is 0. The SMILES string of the molecule is CCCCn1cc[n+](Cc2cc(-c3ccccn3)nc(-c3ccccn3)c2)c1. The molecule has 0 saturated carbocycles. The quantitative estimate of drug-likeness (QED) is 0.459. The van der Waals surface area contributed by atoms with E-state index in [0.717, 1.165) is 35.9 Å². The summed E-state index contributed by atoms with van der Waals surface area (Å²) in [5.74, 6) is 0. The van der Waals surface area contributed by atoms with Crippen molar-refractivity contribution in [3.63, 3.8) is 0 Å². The van der Waals surface area contributed by atoms with Crippen LogP contribution in [0.1, 0.15) is 25.3 Å². The average Bonchev–Trinajstić information content (AvgIpc) is 3.20. The Morgan fingerprint density at radius 3 is 2.14 bits per heavy atom. The van der Waals surface area contributed by atoms with E-state index < -0.39 is 0 Å². The highest BCUT2D eigenvalue weighted by Crippen LogP contribution is 2.22. The maximum Gasteiger partial charge on any atom is 0.244 e. The normalized spacial score (nSPS) is 10.9. The molecule has 0 spiro atoms. The van der Waals surface area contributed by atoms with Gasteiger partial charge in [-0.15, -0.1) is 0 Å². The number of imidazole rings is 1. The first-order chi connectivity index (χ1) is 13.8. The summed E-state index contributed by atoms with van der Waals surface area (Å²) in [5.41, 5.74) is 4.64. The number of unbranched alkanes of at least 4 members (excludes halogenated alkanes) is 1. The molecule has 140 valence electrons. The average molecular weight is 370 g/mol. The number of aryl methyl sites for hydroxylation is 1. The molecule has 0 radical (unpaired) electrons. The molecule has 0 amide bonds. The molecule has 4 heterocycles. The monoisotopic (exact) mass is 370 g/mol. The summed E-state index contributed by atoms with van der Waals surface area (Å²) in [7, 11) is 0. The molecule has 4 aromatic rings. The lowest BCUT2D eigenvalue weighted by Gasteiger charge is -2.08. The maximum absolute atomic E-state index is 4.82. The molecule has 4 rings (SSSR count). The van der Waals surface area contributed by atoms with E-state index in [0.29, 0.717) is 0 Å². The van der Waals surface area contributed by atoms with E-state index in [4.69, 9.17) is 4.98 Å². The predicted molar refractivity (Wildman–Crippen MR) is 109 cm³/mol. The van der Waals surface area contributed by atoms with Gasteiger partial charge >= 0.3 is 0 Å². The van der Waals surface area contributed by atoms with E-state index in [1.807, 2.05) is 36.4 Å². The van der Waals surface area contributed by atoms with Gasteiger partial charge < -0.3 is 0 Å². The predicted octanol–water partition coefficient (Wildman–Crippen LogP) is 4.14. The smallest absolute Gasteiger partial charge is 0.244 e. The molecule has 0 N–H and O–H groups in total. The molecule has 0 unspecified atom stereocenters. The van der Waals surface area contributed by atoms with Crippen LogP contribution in [-0.2, 0) is 13.1 Å². The third-order valence-electron chi connectivity index (χ3n) is 4.62. The van der Waals surface area contributed by atoms with Crippen molar-refractivity contribution in [1.82, 2.24) is 19.5 Å². The van der Waals surface area contributed by atoms with Crippen LogP contribution < -0.4 is 4.57 Å². The number of rotatable bonds is 7. The minimum Gasteiger partial charge on any atom is -0.255 e. The molecule has 5 nitrogen and oxygen atoms in total. The molecule has 0 aliphatic heterocycles. The van der Waals surface area contributed by atoms with Crippen molar-refractivity contribution < 1.29 is 4.57 Å². The van der Waals surface area contributed by atoms with E-state index in [9.17, 15) is 0 Å². The van der Waals surface area contributed by atoms with Crippen LogP contribution in [0.2, 0.25) is 0 Å². The third-order valence-corrected chi connectivity index (χ3v) is 4.62. The lowest BCUT2D eigenvalue weighted by Crippen LogP contribution is -2.31. The Morgan fingerprint density at radius 1 is 0.893 bits per heavy atom. The van der Waals surface area contributed by atoms with E-state index >= 15 is 0 Å². The zero-order chi connectivity index (χ0) is 19.2. The Hall–Kier alpha value is -3.34. The topological polar surface area (TPSA) is 47.5 Å². The van der Waals surface area contributed by atoms with Gasteiger partial charge in [0, 0.05) is 12.4 Å². The molecule has 0 aliphatic carbocycles. The van der Waals surface area contributed by atoms with Gasteiger partial charge in [0.25, 0.3) is 0 Å². The minimum atomic E-state index is 0.779. The molecule has 0 aliphatic rings. The number of nitrogens with zero attached hydrogens (tertiary/aromatic N) is 5. The highest BCUT2D eigenvalue weighted by atomic mass is 15.1. The van der Waals surface area contributed by atoms with Gasteiger partial charge in [-0.2, -0.15) is 0 Å². The Bertz CT molecular complexity index is 968. The fourth-order valence-electron chi connectivity index (χ4n) is 3.19. The molecule has 0 aromatic carbocycles. The summed E-state index contributed by atoms with van der Waals surface area (Å²) in [6, 6.07) is 16.0. The molecule has 5 heteroatoms. The number of hydrogen-bond acceptors (Lipinski definition) is 3. The van der Waals surface area contributed by atoms with Crippen molar-refractivity contribution in [1.29, 1.82) is 0 Å². The van der Waals surface area contributed by atoms with Crippen molar-refractivity contribution in [2.75, 3.05) is 0 Å². The fraction of sp³-hybridized carbons (Fsp3) is 0.217. The van der Waals surface area contributed by atoms with Crippen molar-refractivity contribution >= 4 is 0 Å². The first-order valence-corrected chi connectivity index (χ1v) is 9.70. The first kappa shape index (κ1) is 18.0. The second kappa shape index (κ2) is 8.57. The van der Waals surface area contributed by atoms with Gasteiger partial charge in [-0.25, -0.2) is 14.1 Å². The molecule has 0 fully saturated rings. The minimum absolute atomic E-state index is 0.779. The number of hydrogen-bond donors (Lipinski definition) is 0. The van der Waals surface area contributed by atoms with E-state index in [1.165, 1.54) is 18.4 Å². The van der Waals surface area contributed by atoms with Gasteiger partial charge in [-0.05, 0) is 48.4 Å². The Balaban J connectivity index is 1.69. The van der Waals surface area contributed by atoms with Crippen LogP contribution in [0.25, 0.3) is 22.8 Å². The van der Waals surface area contributed by atoms with Crippen LogP contribution in [0.5, 0.6) is 0 Å². The third kappa shape index (κ3) is 4.31. The van der Waals surface area contributed by atoms with Gasteiger partial charge in [0.05, 0.1) is 29.3 Å². The Kier molecular flexibility index (Phi) is 5.52. The first-order valence-electron chi connectivity index (χ1n) is 9.70. The highest BCUT2D eigenvalue weighted by Gasteiger charge is 2.11. The molecular formula is C23H24N5+. The molecule has 28 heavy (non-hydrogen) atoms. The van der Waals surface area contributed by atoms with Gasteiger partial charge in [0.15, 0.2) is 0 Å². The zero-order valence-electron chi connectivity index (χ0n) is 16.1. The van der Waals surface area contributed by atoms with Gasteiger partial charge in [-0.3, -0.25) is 9.97 Å². The van der Waals surface area contributed by atoms with Gasteiger partial charge in [-0.1, -0.05) is 25.5 Å². The molecule has 0 atom stereocenters. The number of aromatic nitrogens is 5. The van der Waals surface area contributed by atoms with E-state index in [2.05, 4.69) is 56.9 Å². The molecule has 4 aromatic heterocycles. The van der Waals surface area contributed by atoms with Crippen LogP contribution in [-0.4, -0.2) is 19.5 Å².